The van der Waals surface area contributed by atoms with Gasteiger partial charge in [0.1, 0.15) is 12.7 Å². The topological polar surface area (TPSA) is 95.8 Å². The number of likely N-dealkylation sites (tertiary alicyclic amines) is 2. The van der Waals surface area contributed by atoms with Crippen molar-refractivity contribution in [2.24, 2.45) is 11.8 Å². The van der Waals surface area contributed by atoms with Crippen LogP contribution in [0.1, 0.15) is 36.3 Å². The van der Waals surface area contributed by atoms with Crippen molar-refractivity contribution in [2.75, 3.05) is 46.5 Å². The summed E-state index contributed by atoms with van der Waals surface area (Å²) in [5.41, 5.74) is 1.53. The van der Waals surface area contributed by atoms with Crippen LogP contribution in [-0.2, 0) is 14.3 Å². The number of pyridine rings is 1. The first-order chi connectivity index (χ1) is 17.9. The summed E-state index contributed by atoms with van der Waals surface area (Å²) in [5.74, 6) is 0.736. The molecule has 0 radical (unpaired) electrons. The van der Waals surface area contributed by atoms with E-state index in [0.717, 1.165) is 12.0 Å². The number of hydrogen-bond acceptors (Lipinski definition) is 6. The van der Waals surface area contributed by atoms with Crippen LogP contribution >= 0.6 is 23.2 Å². The van der Waals surface area contributed by atoms with Crippen LogP contribution in [0.25, 0.3) is 0 Å². The third-order valence-corrected chi connectivity index (χ3v) is 7.93. The van der Waals surface area contributed by atoms with Gasteiger partial charge in [-0.25, -0.2) is 4.98 Å². The van der Waals surface area contributed by atoms with Crippen molar-refractivity contribution in [1.82, 2.24) is 14.8 Å². The van der Waals surface area contributed by atoms with Crippen LogP contribution in [0.2, 0.25) is 10.0 Å². The molecule has 2 fully saturated rings. The standard InChI is InChI=1S/C27H30Cl2N4O4/c1-36-17-26(34)32-9-6-19(7-10-32)27(35)33-15-21(8-11-37-25-5-2-18(13-30)14-31-25)22(16-33)20-3-4-23(28)24(29)12-20/h2-5,12,14,19,21-22H,6-11,15-17H2,1H3. The number of rotatable bonds is 8. The molecule has 3 heterocycles. The minimum absolute atomic E-state index is 0.0360. The maximum atomic E-state index is 13.5. The maximum absolute atomic E-state index is 13.5. The molecular formula is C27H30Cl2N4O4. The number of carbonyl (C=O) groups excluding carboxylic acids is 2. The number of piperidine rings is 1. The second-order valence-electron chi connectivity index (χ2n) is 9.51. The molecule has 1 aromatic carbocycles. The Morgan fingerprint density at radius 3 is 2.54 bits per heavy atom. The van der Waals surface area contributed by atoms with Gasteiger partial charge < -0.3 is 19.3 Å². The Morgan fingerprint density at radius 1 is 1.11 bits per heavy atom. The van der Waals surface area contributed by atoms with E-state index >= 15 is 0 Å². The van der Waals surface area contributed by atoms with Crippen molar-refractivity contribution in [3.63, 3.8) is 0 Å². The Kier molecular flexibility index (Phi) is 9.25. The number of benzene rings is 1. The van der Waals surface area contributed by atoms with Gasteiger partial charge in [-0.15, -0.1) is 0 Å². The number of nitrogens with zero attached hydrogens (tertiary/aromatic N) is 4. The third kappa shape index (κ3) is 6.72. The molecule has 1 aromatic heterocycles. The van der Waals surface area contributed by atoms with Crippen molar-refractivity contribution in [3.8, 4) is 11.9 Å². The number of nitriles is 1. The molecule has 0 N–H and O–H groups in total. The summed E-state index contributed by atoms with van der Waals surface area (Å²) < 4.78 is 10.8. The number of carbonyl (C=O) groups is 2. The highest BCUT2D eigenvalue weighted by molar-refractivity contribution is 6.42. The number of methoxy groups -OCH3 is 1. The predicted octanol–water partition coefficient (Wildman–Crippen LogP) is 4.16. The first-order valence-corrected chi connectivity index (χ1v) is 13.1. The lowest BCUT2D eigenvalue weighted by Gasteiger charge is -2.33. The summed E-state index contributed by atoms with van der Waals surface area (Å²) in [6.07, 6.45) is 3.51. The van der Waals surface area contributed by atoms with Crippen molar-refractivity contribution < 1.29 is 19.1 Å². The molecule has 8 nitrogen and oxygen atoms in total. The number of halogens is 2. The van der Waals surface area contributed by atoms with Crippen molar-refractivity contribution in [3.05, 3.63) is 57.7 Å². The lowest BCUT2D eigenvalue weighted by Crippen LogP contribution is -2.45. The zero-order chi connectivity index (χ0) is 26.4. The predicted molar refractivity (Wildman–Crippen MR) is 140 cm³/mol. The fourth-order valence-electron chi connectivity index (χ4n) is 5.16. The van der Waals surface area contributed by atoms with Crippen molar-refractivity contribution in [2.45, 2.75) is 25.2 Å². The van der Waals surface area contributed by atoms with Gasteiger partial charge in [0, 0.05) is 57.4 Å². The molecule has 4 rings (SSSR count). The Balaban J connectivity index is 1.41. The van der Waals surface area contributed by atoms with Crippen molar-refractivity contribution >= 4 is 35.0 Å². The molecule has 0 spiro atoms. The molecule has 196 valence electrons. The number of aromatic nitrogens is 1. The minimum atomic E-state index is -0.0982. The quantitative estimate of drug-likeness (QED) is 0.495. The molecule has 2 unspecified atom stereocenters. The lowest BCUT2D eigenvalue weighted by molar-refractivity contribution is -0.141. The third-order valence-electron chi connectivity index (χ3n) is 7.19. The van der Waals surface area contributed by atoms with Gasteiger partial charge in [0.15, 0.2) is 0 Å². The van der Waals surface area contributed by atoms with Gasteiger partial charge in [-0.3, -0.25) is 9.59 Å². The fourth-order valence-corrected chi connectivity index (χ4v) is 5.47. The number of hydrogen-bond donors (Lipinski definition) is 0. The van der Waals surface area contributed by atoms with Crippen LogP contribution in [-0.4, -0.2) is 73.1 Å². The maximum Gasteiger partial charge on any atom is 0.248 e. The summed E-state index contributed by atoms with van der Waals surface area (Å²) in [6, 6.07) is 11.1. The highest BCUT2D eigenvalue weighted by Gasteiger charge is 2.39. The normalized spacial score (nSPS) is 20.1. The highest BCUT2D eigenvalue weighted by atomic mass is 35.5. The second kappa shape index (κ2) is 12.6. The van der Waals surface area contributed by atoms with E-state index in [0.29, 0.717) is 67.1 Å². The van der Waals surface area contributed by atoms with Crippen molar-refractivity contribution in [1.29, 1.82) is 5.26 Å². The van der Waals surface area contributed by atoms with Crippen LogP contribution in [0, 0.1) is 23.2 Å². The second-order valence-corrected chi connectivity index (χ2v) is 10.3. The smallest absolute Gasteiger partial charge is 0.248 e. The molecule has 2 amide bonds. The molecule has 10 heteroatoms. The van der Waals surface area contributed by atoms with E-state index in [1.54, 1.807) is 23.1 Å². The summed E-state index contributed by atoms with van der Waals surface area (Å²) in [5, 5.41) is 9.93. The molecule has 0 bridgehead atoms. The summed E-state index contributed by atoms with van der Waals surface area (Å²) in [6.45, 7) is 2.85. The van der Waals surface area contributed by atoms with Gasteiger partial charge in [0.25, 0.3) is 0 Å². The molecule has 0 aliphatic carbocycles. The first-order valence-electron chi connectivity index (χ1n) is 12.4. The molecule has 2 aromatic rings. The van der Waals surface area contributed by atoms with Gasteiger partial charge in [-0.05, 0) is 48.9 Å². The fraction of sp³-hybridized carbons (Fsp3) is 0.481. The molecule has 2 saturated heterocycles. The summed E-state index contributed by atoms with van der Waals surface area (Å²) in [4.78, 5) is 33.5. The lowest BCUT2D eigenvalue weighted by atomic mass is 9.87. The molecule has 37 heavy (non-hydrogen) atoms. The zero-order valence-electron chi connectivity index (χ0n) is 20.7. The van der Waals surface area contributed by atoms with E-state index in [9.17, 15) is 9.59 Å². The molecule has 2 atom stereocenters. The number of amides is 2. The van der Waals surface area contributed by atoms with E-state index in [4.69, 9.17) is 37.9 Å². The Labute approximate surface area is 227 Å². The van der Waals surface area contributed by atoms with E-state index in [1.165, 1.54) is 13.3 Å². The van der Waals surface area contributed by atoms with Crippen LogP contribution < -0.4 is 4.74 Å². The average Bonchev–Trinajstić information content (AvgIpc) is 3.34. The van der Waals surface area contributed by atoms with Gasteiger partial charge in [-0.1, -0.05) is 29.3 Å². The monoisotopic (exact) mass is 544 g/mol. The van der Waals surface area contributed by atoms with E-state index < -0.39 is 0 Å². The van der Waals surface area contributed by atoms with E-state index in [1.807, 2.05) is 23.1 Å². The van der Waals surface area contributed by atoms with Crippen LogP contribution in [0.4, 0.5) is 0 Å². The minimum Gasteiger partial charge on any atom is -0.478 e. The van der Waals surface area contributed by atoms with E-state index in [-0.39, 0.29) is 36.2 Å². The molecule has 2 aliphatic heterocycles. The van der Waals surface area contributed by atoms with Crippen LogP contribution in [0.3, 0.4) is 0 Å². The number of ether oxygens (including phenoxy) is 2. The highest BCUT2D eigenvalue weighted by Crippen LogP contribution is 2.38. The Hall–Kier alpha value is -2.86. The summed E-state index contributed by atoms with van der Waals surface area (Å²) in [7, 11) is 1.51. The Bertz CT molecular complexity index is 1150. The van der Waals surface area contributed by atoms with E-state index in [2.05, 4.69) is 4.98 Å². The SMILES string of the molecule is COCC(=O)N1CCC(C(=O)N2CC(CCOc3ccc(C#N)cn3)C(c3ccc(Cl)c(Cl)c3)C2)CC1. The zero-order valence-corrected chi connectivity index (χ0v) is 22.2. The molecule has 0 saturated carbocycles. The van der Waals surface area contributed by atoms with Gasteiger partial charge in [-0.2, -0.15) is 5.26 Å². The first kappa shape index (κ1) is 27.2. The molecule has 2 aliphatic rings. The Morgan fingerprint density at radius 2 is 1.89 bits per heavy atom. The van der Waals surface area contributed by atoms with Gasteiger partial charge in [0.05, 0.1) is 22.2 Å². The average molecular weight is 545 g/mol. The van der Waals surface area contributed by atoms with Gasteiger partial charge >= 0.3 is 0 Å². The van der Waals surface area contributed by atoms with Crippen LogP contribution in [0.5, 0.6) is 5.88 Å². The molecular weight excluding hydrogens is 515 g/mol. The summed E-state index contributed by atoms with van der Waals surface area (Å²) >= 11 is 12.5. The van der Waals surface area contributed by atoms with Gasteiger partial charge in [0.2, 0.25) is 17.7 Å². The largest absolute Gasteiger partial charge is 0.478 e. The van der Waals surface area contributed by atoms with Crippen LogP contribution in [0.15, 0.2) is 36.5 Å².